The van der Waals surface area contributed by atoms with Crippen LogP contribution in [0, 0.1) is 19.7 Å². The number of aromatic nitrogens is 1. The lowest BCUT2D eigenvalue weighted by molar-refractivity contribution is -0.138. The van der Waals surface area contributed by atoms with Crippen LogP contribution < -0.4 is 10.6 Å². The minimum Gasteiger partial charge on any atom is -0.378 e. The summed E-state index contributed by atoms with van der Waals surface area (Å²) in [7, 11) is 0. The molecule has 0 radical (unpaired) electrons. The van der Waals surface area contributed by atoms with E-state index < -0.39 is 17.8 Å². The Hall–Kier alpha value is -4.03. The Balaban J connectivity index is 1.36. The van der Waals surface area contributed by atoms with Crippen LogP contribution in [0.3, 0.4) is 0 Å². The van der Waals surface area contributed by atoms with Gasteiger partial charge in [-0.2, -0.15) is 0 Å². The molecule has 3 N–H and O–H groups in total. The topological polar surface area (TPSA) is 133 Å². The van der Waals surface area contributed by atoms with Crippen LogP contribution in [0.2, 0.25) is 0 Å². The van der Waals surface area contributed by atoms with Gasteiger partial charge in [-0.3, -0.25) is 19.2 Å². The van der Waals surface area contributed by atoms with E-state index in [9.17, 15) is 23.6 Å². The van der Waals surface area contributed by atoms with Crippen molar-refractivity contribution in [3.8, 4) is 0 Å². The van der Waals surface area contributed by atoms with Crippen molar-refractivity contribution in [2.75, 3.05) is 57.9 Å². The number of carbonyl (C=O) groups is 4. The van der Waals surface area contributed by atoms with Gasteiger partial charge >= 0.3 is 0 Å². The number of morpholine rings is 2. The van der Waals surface area contributed by atoms with Crippen molar-refractivity contribution in [3.05, 3.63) is 52.1 Å². The van der Waals surface area contributed by atoms with E-state index in [1.807, 2.05) is 0 Å². The molecule has 5 rings (SSSR count). The molecule has 0 spiro atoms. The number of benzene rings is 1. The number of nitrogens with zero attached hydrogens (tertiary/aromatic N) is 2. The first-order valence-corrected chi connectivity index (χ1v) is 13.8. The Morgan fingerprint density at radius 2 is 1.71 bits per heavy atom. The Bertz CT molecular complexity index is 1390. The molecule has 218 valence electrons. The quantitative estimate of drug-likeness (QED) is 0.438. The molecule has 1 aromatic carbocycles. The highest BCUT2D eigenvalue weighted by Gasteiger charge is 2.31. The number of nitrogens with one attached hydrogen (secondary N) is 3. The van der Waals surface area contributed by atoms with Gasteiger partial charge in [0.1, 0.15) is 11.9 Å². The molecule has 0 unspecified atom stereocenters. The highest BCUT2D eigenvalue weighted by Crippen LogP contribution is 2.34. The third-order valence-corrected chi connectivity index (χ3v) is 7.69. The summed E-state index contributed by atoms with van der Waals surface area (Å²) in [6, 6.07) is 3.16. The number of halogens is 1. The van der Waals surface area contributed by atoms with Crippen molar-refractivity contribution in [2.24, 2.45) is 0 Å². The number of rotatable bonds is 7. The number of H-pyrrole nitrogens is 1. The molecule has 2 aromatic rings. The molecular formula is C29H34FN5O6. The number of fused-ring (bicyclic) bond motifs is 1. The van der Waals surface area contributed by atoms with Crippen molar-refractivity contribution in [1.29, 1.82) is 0 Å². The number of amides is 4. The van der Waals surface area contributed by atoms with Gasteiger partial charge in [0.15, 0.2) is 0 Å². The summed E-state index contributed by atoms with van der Waals surface area (Å²) in [6.07, 6.45) is 1.85. The largest absolute Gasteiger partial charge is 0.378 e. The van der Waals surface area contributed by atoms with E-state index >= 15 is 0 Å². The van der Waals surface area contributed by atoms with E-state index in [1.165, 1.54) is 18.2 Å². The van der Waals surface area contributed by atoms with Gasteiger partial charge in [0.05, 0.1) is 37.6 Å². The predicted molar refractivity (Wildman–Crippen MR) is 148 cm³/mol. The summed E-state index contributed by atoms with van der Waals surface area (Å²) in [5.41, 5.74) is 3.21. The first-order valence-electron chi connectivity index (χ1n) is 13.8. The maximum Gasteiger partial charge on any atom is 0.256 e. The Morgan fingerprint density at radius 1 is 1.05 bits per heavy atom. The molecule has 4 heterocycles. The first-order chi connectivity index (χ1) is 19.7. The molecule has 11 nitrogen and oxygen atoms in total. The third-order valence-electron chi connectivity index (χ3n) is 7.69. The second-order valence-corrected chi connectivity index (χ2v) is 10.4. The maximum absolute atomic E-state index is 13.9. The highest BCUT2D eigenvalue weighted by molar-refractivity contribution is 6.35. The van der Waals surface area contributed by atoms with Crippen LogP contribution in [-0.4, -0.2) is 97.1 Å². The lowest BCUT2D eigenvalue weighted by atomic mass is 10.0. The Labute approximate surface area is 237 Å². The second kappa shape index (κ2) is 12.2. The molecule has 3 aliphatic heterocycles. The summed E-state index contributed by atoms with van der Waals surface area (Å²) in [5, 5.41) is 5.59. The van der Waals surface area contributed by atoms with E-state index in [-0.39, 0.29) is 36.1 Å². The van der Waals surface area contributed by atoms with E-state index in [0.717, 1.165) is 0 Å². The molecule has 12 heteroatoms. The third kappa shape index (κ3) is 6.18. The summed E-state index contributed by atoms with van der Waals surface area (Å²) in [6.45, 7) is 7.07. The average Bonchev–Trinajstić information content (AvgIpc) is 3.44. The number of hydrogen-bond donors (Lipinski definition) is 3. The minimum atomic E-state index is -0.906. The number of anilines is 1. The fourth-order valence-electron chi connectivity index (χ4n) is 5.44. The Morgan fingerprint density at radius 3 is 2.39 bits per heavy atom. The van der Waals surface area contributed by atoms with Gasteiger partial charge in [-0.05, 0) is 50.1 Å². The van der Waals surface area contributed by atoms with Gasteiger partial charge in [0.25, 0.3) is 11.8 Å². The van der Waals surface area contributed by atoms with Gasteiger partial charge in [0, 0.05) is 55.2 Å². The molecule has 2 fully saturated rings. The monoisotopic (exact) mass is 567 g/mol. The standard InChI is InChI=1S/C29H34FN5O6/c1-17-24(16-21-20-15-19(30)3-4-22(20)32-27(21)37)31-18(2)26(17)28(38)33-23(29(39)35-9-13-41-14-10-35)5-6-25(36)34-7-11-40-12-8-34/h3-4,15-16,23,31H,5-14H2,1-2H3,(H,32,37)(H,33,38)/t23-/m0/s1. The van der Waals surface area contributed by atoms with Crippen molar-refractivity contribution in [3.63, 3.8) is 0 Å². The summed E-state index contributed by atoms with van der Waals surface area (Å²) < 4.78 is 24.6. The van der Waals surface area contributed by atoms with Crippen LogP contribution in [0.4, 0.5) is 10.1 Å². The lowest BCUT2D eigenvalue weighted by Crippen LogP contribution is -2.52. The van der Waals surface area contributed by atoms with Crippen LogP contribution in [0.25, 0.3) is 11.6 Å². The van der Waals surface area contributed by atoms with Crippen LogP contribution in [0.1, 0.15) is 45.7 Å². The van der Waals surface area contributed by atoms with Crippen molar-refractivity contribution in [2.45, 2.75) is 32.7 Å². The van der Waals surface area contributed by atoms with E-state index in [0.29, 0.717) is 86.4 Å². The van der Waals surface area contributed by atoms with E-state index in [1.54, 1.807) is 29.7 Å². The van der Waals surface area contributed by atoms with Crippen LogP contribution >= 0.6 is 0 Å². The molecular weight excluding hydrogens is 533 g/mol. The summed E-state index contributed by atoms with van der Waals surface area (Å²) in [5.74, 6) is -1.64. The summed E-state index contributed by atoms with van der Waals surface area (Å²) in [4.78, 5) is 59.0. The molecule has 41 heavy (non-hydrogen) atoms. The molecule has 1 aromatic heterocycles. The second-order valence-electron chi connectivity index (χ2n) is 10.4. The normalized spacial score (nSPS) is 18.7. The molecule has 3 aliphatic rings. The lowest BCUT2D eigenvalue weighted by Gasteiger charge is -2.31. The Kier molecular flexibility index (Phi) is 8.50. The zero-order valence-electron chi connectivity index (χ0n) is 23.2. The van der Waals surface area contributed by atoms with E-state index in [2.05, 4.69) is 15.6 Å². The number of aryl methyl sites for hydroxylation is 1. The molecule has 1 atom stereocenters. The minimum absolute atomic E-state index is 0.0863. The van der Waals surface area contributed by atoms with Crippen molar-refractivity contribution < 1.29 is 33.0 Å². The summed E-state index contributed by atoms with van der Waals surface area (Å²) >= 11 is 0. The van der Waals surface area contributed by atoms with Gasteiger partial charge in [0.2, 0.25) is 11.8 Å². The predicted octanol–water partition coefficient (Wildman–Crippen LogP) is 1.86. The fraction of sp³-hybridized carbons (Fsp3) is 0.448. The van der Waals surface area contributed by atoms with Gasteiger partial charge < -0.3 is 34.9 Å². The molecule has 2 saturated heterocycles. The molecule has 0 aliphatic carbocycles. The van der Waals surface area contributed by atoms with Gasteiger partial charge in [-0.25, -0.2) is 4.39 Å². The first kappa shape index (κ1) is 28.5. The molecule has 0 saturated carbocycles. The van der Waals surface area contributed by atoms with Gasteiger partial charge in [-0.15, -0.1) is 0 Å². The average molecular weight is 568 g/mol. The number of ether oxygens (including phenoxy) is 2. The SMILES string of the molecule is Cc1[nH]c(C=C2C(=O)Nc3ccc(F)cc32)c(C)c1C(=O)N[C@@H](CCC(=O)N1CCOCC1)C(=O)N1CCOCC1. The van der Waals surface area contributed by atoms with Crippen LogP contribution in [0.5, 0.6) is 0 Å². The van der Waals surface area contributed by atoms with Crippen LogP contribution in [0.15, 0.2) is 18.2 Å². The van der Waals surface area contributed by atoms with Crippen molar-refractivity contribution >= 4 is 41.0 Å². The van der Waals surface area contributed by atoms with E-state index in [4.69, 9.17) is 9.47 Å². The van der Waals surface area contributed by atoms with Gasteiger partial charge in [-0.1, -0.05) is 0 Å². The smallest absolute Gasteiger partial charge is 0.256 e. The zero-order chi connectivity index (χ0) is 29.1. The number of hydrogen-bond acceptors (Lipinski definition) is 6. The highest BCUT2D eigenvalue weighted by atomic mass is 19.1. The number of carbonyl (C=O) groups excluding carboxylic acids is 4. The maximum atomic E-state index is 13.9. The molecule has 4 amide bonds. The number of aromatic amines is 1. The van der Waals surface area contributed by atoms with Crippen molar-refractivity contribution in [1.82, 2.24) is 20.1 Å². The fourth-order valence-corrected chi connectivity index (χ4v) is 5.44. The van der Waals surface area contributed by atoms with Crippen LogP contribution in [-0.2, 0) is 23.9 Å². The zero-order valence-corrected chi connectivity index (χ0v) is 23.2. The molecule has 0 bridgehead atoms.